The van der Waals surface area contributed by atoms with Crippen molar-refractivity contribution in [1.29, 1.82) is 0 Å². The van der Waals surface area contributed by atoms with Gasteiger partial charge in [-0.2, -0.15) is 10.2 Å². The van der Waals surface area contributed by atoms with Crippen LogP contribution in [0.5, 0.6) is 0 Å². The van der Waals surface area contributed by atoms with E-state index in [2.05, 4.69) is 10.2 Å². The maximum Gasteiger partial charge on any atom is 0.135 e. The number of nitrogens with zero attached hydrogens (tertiary/aromatic N) is 2. The summed E-state index contributed by atoms with van der Waals surface area (Å²) in [7, 11) is 0. The second kappa shape index (κ2) is 3.29. The molecule has 2 rings (SSSR count). The summed E-state index contributed by atoms with van der Waals surface area (Å²) in [6, 6.07) is 3.62. The van der Waals surface area contributed by atoms with Gasteiger partial charge in [0.25, 0.3) is 0 Å². The molecule has 2 aromatic rings. The zero-order valence-electron chi connectivity index (χ0n) is 7.59. The minimum atomic E-state index is -0.631. The van der Waals surface area contributed by atoms with Gasteiger partial charge in [-0.15, -0.1) is 0 Å². The van der Waals surface area contributed by atoms with Gasteiger partial charge in [0.1, 0.15) is 11.6 Å². The standard InChI is InChI=1S/C10H8F2N2/c1-2-7-5-8-9(12)3-6(11)4-10(8)14-13-7/h3-5H,2H2,1H3. The molecule has 0 fully saturated rings. The van der Waals surface area contributed by atoms with Gasteiger partial charge in [-0.25, -0.2) is 8.78 Å². The molecule has 0 atom stereocenters. The van der Waals surface area contributed by atoms with Gasteiger partial charge >= 0.3 is 0 Å². The molecule has 0 aliphatic heterocycles. The zero-order valence-corrected chi connectivity index (χ0v) is 7.59. The molecule has 0 aliphatic carbocycles. The van der Waals surface area contributed by atoms with E-state index in [1.54, 1.807) is 6.07 Å². The van der Waals surface area contributed by atoms with Gasteiger partial charge in [0, 0.05) is 17.5 Å². The fourth-order valence-electron chi connectivity index (χ4n) is 1.28. The summed E-state index contributed by atoms with van der Waals surface area (Å²) < 4.78 is 26.0. The van der Waals surface area contributed by atoms with Crippen molar-refractivity contribution in [3.8, 4) is 0 Å². The monoisotopic (exact) mass is 194 g/mol. The molecule has 2 nitrogen and oxygen atoms in total. The predicted molar refractivity (Wildman–Crippen MR) is 48.8 cm³/mol. The Morgan fingerprint density at radius 1 is 1.14 bits per heavy atom. The molecule has 0 bridgehead atoms. The number of hydrogen-bond donors (Lipinski definition) is 0. The maximum atomic E-state index is 13.3. The molecular weight excluding hydrogens is 186 g/mol. The van der Waals surface area contributed by atoms with Crippen LogP contribution in [0, 0.1) is 11.6 Å². The Hall–Kier alpha value is -1.58. The lowest BCUT2D eigenvalue weighted by Gasteiger charge is -2.00. The first-order chi connectivity index (χ1) is 6.70. The molecule has 1 aromatic heterocycles. The molecule has 72 valence electrons. The topological polar surface area (TPSA) is 25.8 Å². The Bertz CT molecular complexity index is 483. The minimum absolute atomic E-state index is 0.250. The van der Waals surface area contributed by atoms with Crippen LogP contribution in [0.3, 0.4) is 0 Å². The molecule has 1 aromatic carbocycles. The second-order valence-corrected chi connectivity index (χ2v) is 3.01. The van der Waals surface area contributed by atoms with Gasteiger partial charge in [0.2, 0.25) is 0 Å². The summed E-state index contributed by atoms with van der Waals surface area (Å²) >= 11 is 0. The Morgan fingerprint density at radius 2 is 1.93 bits per heavy atom. The van der Waals surface area contributed by atoms with E-state index >= 15 is 0 Å². The van der Waals surface area contributed by atoms with E-state index in [0.717, 1.165) is 6.07 Å². The number of hydrogen-bond acceptors (Lipinski definition) is 2. The van der Waals surface area contributed by atoms with Gasteiger partial charge in [-0.1, -0.05) is 6.92 Å². The number of aryl methyl sites for hydroxylation is 1. The second-order valence-electron chi connectivity index (χ2n) is 3.01. The van der Waals surface area contributed by atoms with Crippen LogP contribution < -0.4 is 0 Å². The van der Waals surface area contributed by atoms with E-state index in [1.807, 2.05) is 6.92 Å². The van der Waals surface area contributed by atoms with Crippen LogP contribution in [0.25, 0.3) is 10.9 Å². The van der Waals surface area contributed by atoms with Gasteiger partial charge < -0.3 is 0 Å². The largest absolute Gasteiger partial charge is 0.207 e. The minimum Gasteiger partial charge on any atom is -0.207 e. The van der Waals surface area contributed by atoms with E-state index in [4.69, 9.17) is 0 Å². The van der Waals surface area contributed by atoms with Gasteiger partial charge in [-0.3, -0.25) is 0 Å². The van der Waals surface area contributed by atoms with E-state index in [1.165, 1.54) is 6.07 Å². The van der Waals surface area contributed by atoms with Crippen molar-refractivity contribution in [1.82, 2.24) is 10.2 Å². The number of benzene rings is 1. The van der Waals surface area contributed by atoms with Crippen molar-refractivity contribution >= 4 is 10.9 Å². The third-order valence-electron chi connectivity index (χ3n) is 2.03. The van der Waals surface area contributed by atoms with Crippen molar-refractivity contribution in [3.05, 3.63) is 35.5 Å². The molecule has 1 heterocycles. The van der Waals surface area contributed by atoms with Gasteiger partial charge in [0.05, 0.1) is 11.2 Å². The van der Waals surface area contributed by atoms with Crippen molar-refractivity contribution < 1.29 is 8.78 Å². The first kappa shape index (κ1) is 8.99. The molecule has 14 heavy (non-hydrogen) atoms. The summed E-state index contributed by atoms with van der Waals surface area (Å²) in [6.07, 6.45) is 0.680. The van der Waals surface area contributed by atoms with Gasteiger partial charge in [0.15, 0.2) is 0 Å². The van der Waals surface area contributed by atoms with E-state index < -0.39 is 11.6 Å². The van der Waals surface area contributed by atoms with Crippen LogP contribution in [-0.4, -0.2) is 10.2 Å². The van der Waals surface area contributed by atoms with Crippen LogP contribution >= 0.6 is 0 Å². The summed E-state index contributed by atoms with van der Waals surface area (Å²) in [6.45, 7) is 1.90. The maximum absolute atomic E-state index is 13.3. The molecule has 0 amide bonds. The van der Waals surface area contributed by atoms with Crippen LogP contribution in [0.2, 0.25) is 0 Å². The summed E-state index contributed by atoms with van der Waals surface area (Å²) in [5.74, 6) is -1.22. The highest BCUT2D eigenvalue weighted by molar-refractivity contribution is 5.78. The molecule has 0 spiro atoms. The summed E-state index contributed by atoms with van der Waals surface area (Å²) in [5, 5.41) is 7.89. The lowest BCUT2D eigenvalue weighted by Crippen LogP contribution is -1.94. The lowest BCUT2D eigenvalue weighted by molar-refractivity contribution is 0.591. The highest BCUT2D eigenvalue weighted by Crippen LogP contribution is 2.17. The van der Waals surface area contributed by atoms with Crippen LogP contribution in [-0.2, 0) is 6.42 Å². The predicted octanol–water partition coefficient (Wildman–Crippen LogP) is 2.47. The number of rotatable bonds is 1. The Kier molecular flexibility index (Phi) is 2.11. The summed E-state index contributed by atoms with van der Waals surface area (Å²) in [4.78, 5) is 0. The average Bonchev–Trinajstić information content (AvgIpc) is 2.17. The molecule has 0 saturated carbocycles. The first-order valence-corrected chi connectivity index (χ1v) is 4.32. The first-order valence-electron chi connectivity index (χ1n) is 4.32. The molecular formula is C10H8F2N2. The quantitative estimate of drug-likeness (QED) is 0.696. The Morgan fingerprint density at radius 3 is 2.64 bits per heavy atom. The van der Waals surface area contributed by atoms with Crippen molar-refractivity contribution in [2.45, 2.75) is 13.3 Å². The number of halogens is 2. The smallest absolute Gasteiger partial charge is 0.135 e. The molecule has 0 aliphatic rings. The van der Waals surface area contributed by atoms with Crippen LogP contribution in [0.4, 0.5) is 8.78 Å². The third-order valence-corrected chi connectivity index (χ3v) is 2.03. The van der Waals surface area contributed by atoms with Crippen molar-refractivity contribution in [2.24, 2.45) is 0 Å². The average molecular weight is 194 g/mol. The number of fused-ring (bicyclic) bond motifs is 1. The fourth-order valence-corrected chi connectivity index (χ4v) is 1.28. The van der Waals surface area contributed by atoms with Crippen molar-refractivity contribution in [3.63, 3.8) is 0 Å². The highest BCUT2D eigenvalue weighted by atomic mass is 19.1. The highest BCUT2D eigenvalue weighted by Gasteiger charge is 2.06. The van der Waals surface area contributed by atoms with Crippen LogP contribution in [0.15, 0.2) is 18.2 Å². The van der Waals surface area contributed by atoms with E-state index in [0.29, 0.717) is 17.5 Å². The molecule has 0 N–H and O–H groups in total. The third kappa shape index (κ3) is 1.43. The fraction of sp³-hybridized carbons (Fsp3) is 0.200. The van der Waals surface area contributed by atoms with Crippen molar-refractivity contribution in [2.75, 3.05) is 0 Å². The molecule has 0 saturated heterocycles. The Balaban J connectivity index is 2.75. The van der Waals surface area contributed by atoms with E-state index in [-0.39, 0.29) is 5.52 Å². The molecule has 0 unspecified atom stereocenters. The normalized spacial score (nSPS) is 10.8. The molecule has 0 radical (unpaired) electrons. The number of aromatic nitrogens is 2. The Labute approximate surface area is 79.6 Å². The summed E-state index contributed by atoms with van der Waals surface area (Å²) in [5.41, 5.74) is 0.947. The van der Waals surface area contributed by atoms with Gasteiger partial charge in [-0.05, 0) is 12.5 Å². The van der Waals surface area contributed by atoms with Crippen LogP contribution in [0.1, 0.15) is 12.6 Å². The lowest BCUT2D eigenvalue weighted by atomic mass is 10.2. The molecule has 4 heteroatoms. The van der Waals surface area contributed by atoms with E-state index in [9.17, 15) is 8.78 Å². The zero-order chi connectivity index (χ0) is 10.1. The SMILES string of the molecule is CCc1cc2c(F)cc(F)cc2nn1.